The maximum atomic E-state index is 11.5. The van der Waals surface area contributed by atoms with Crippen molar-refractivity contribution in [1.82, 2.24) is 4.98 Å². The summed E-state index contributed by atoms with van der Waals surface area (Å²) in [6.45, 7) is 0. The molecule has 0 radical (unpaired) electrons. The minimum atomic E-state index is -0.591. The second-order valence-corrected chi connectivity index (χ2v) is 3.34. The Balaban J connectivity index is 2.48. The fraction of sp³-hybridized carbons (Fsp3) is 0.0769. The van der Waals surface area contributed by atoms with Gasteiger partial charge in [-0.05, 0) is 18.2 Å². The molecule has 1 heterocycles. The van der Waals surface area contributed by atoms with E-state index in [1.165, 1.54) is 13.2 Å². The molecule has 0 fully saturated rings. The summed E-state index contributed by atoms with van der Waals surface area (Å²) < 4.78 is 4.41. The van der Waals surface area contributed by atoms with Gasteiger partial charge in [0.1, 0.15) is 0 Å². The summed E-state index contributed by atoms with van der Waals surface area (Å²) in [4.78, 5) is 25.3. The zero-order chi connectivity index (χ0) is 12.3. The number of pyridine rings is 1. The van der Waals surface area contributed by atoms with Crippen molar-refractivity contribution in [3.8, 4) is 11.8 Å². The number of fused-ring (bicyclic) bond motifs is 1. The number of hydrogen-bond donors (Lipinski definition) is 1. The molecule has 1 aromatic heterocycles. The Morgan fingerprint density at radius 3 is 2.94 bits per heavy atom. The normalized spacial score (nSPS) is 9.47. The average Bonchev–Trinajstić information content (AvgIpc) is 2.36. The van der Waals surface area contributed by atoms with E-state index in [-0.39, 0.29) is 5.43 Å². The lowest BCUT2D eigenvalue weighted by Crippen LogP contribution is -1.99. The maximum absolute atomic E-state index is 11.5. The highest BCUT2D eigenvalue weighted by Gasteiger charge is 1.98. The van der Waals surface area contributed by atoms with Gasteiger partial charge in [-0.2, -0.15) is 0 Å². The van der Waals surface area contributed by atoms with Crippen LogP contribution in [0.15, 0.2) is 35.3 Å². The van der Waals surface area contributed by atoms with Gasteiger partial charge in [-0.15, -0.1) is 0 Å². The zero-order valence-corrected chi connectivity index (χ0v) is 9.11. The van der Waals surface area contributed by atoms with Crippen LogP contribution in [0.4, 0.5) is 0 Å². The minimum absolute atomic E-state index is 0.0498. The van der Waals surface area contributed by atoms with Crippen molar-refractivity contribution in [2.24, 2.45) is 0 Å². The highest BCUT2D eigenvalue weighted by atomic mass is 16.5. The van der Waals surface area contributed by atoms with Gasteiger partial charge in [0.15, 0.2) is 5.43 Å². The van der Waals surface area contributed by atoms with Crippen molar-refractivity contribution in [3.63, 3.8) is 0 Å². The number of rotatable bonds is 0. The largest absolute Gasteiger partial charge is 0.459 e. The van der Waals surface area contributed by atoms with Gasteiger partial charge >= 0.3 is 5.97 Å². The van der Waals surface area contributed by atoms with Crippen molar-refractivity contribution in [3.05, 3.63) is 46.2 Å². The Morgan fingerprint density at radius 2 is 2.18 bits per heavy atom. The zero-order valence-electron chi connectivity index (χ0n) is 9.11. The summed E-state index contributed by atoms with van der Waals surface area (Å²) in [7, 11) is 1.27. The van der Waals surface area contributed by atoms with E-state index in [2.05, 4.69) is 21.6 Å². The first-order chi connectivity index (χ1) is 8.20. The predicted molar refractivity (Wildman–Crippen MR) is 63.5 cm³/mol. The molecule has 0 amide bonds. The van der Waals surface area contributed by atoms with Crippen LogP contribution in [0.3, 0.4) is 0 Å². The second kappa shape index (κ2) is 4.54. The van der Waals surface area contributed by atoms with Gasteiger partial charge in [0.25, 0.3) is 0 Å². The smallest absolute Gasteiger partial charge is 0.384 e. The van der Waals surface area contributed by atoms with Crippen molar-refractivity contribution in [2.45, 2.75) is 0 Å². The molecule has 2 aromatic rings. The van der Waals surface area contributed by atoms with Crippen LogP contribution in [0.2, 0.25) is 0 Å². The molecule has 4 heteroatoms. The quantitative estimate of drug-likeness (QED) is 0.540. The van der Waals surface area contributed by atoms with E-state index in [0.29, 0.717) is 16.5 Å². The molecule has 1 N–H and O–H groups in total. The van der Waals surface area contributed by atoms with Gasteiger partial charge in [0.2, 0.25) is 0 Å². The lowest BCUT2D eigenvalue weighted by Gasteiger charge is -1.96. The lowest BCUT2D eigenvalue weighted by atomic mass is 10.1. The second-order valence-electron chi connectivity index (χ2n) is 3.34. The molecule has 0 unspecified atom stereocenters. The molecule has 2 rings (SSSR count). The first-order valence-electron chi connectivity index (χ1n) is 4.92. The number of esters is 1. The fourth-order valence-corrected chi connectivity index (χ4v) is 1.43. The summed E-state index contributed by atoms with van der Waals surface area (Å²) in [5, 5.41) is 0.594. The molecule has 4 nitrogen and oxygen atoms in total. The van der Waals surface area contributed by atoms with Gasteiger partial charge in [-0.3, -0.25) is 4.79 Å². The van der Waals surface area contributed by atoms with Crippen molar-refractivity contribution >= 4 is 16.9 Å². The third-order valence-corrected chi connectivity index (χ3v) is 2.25. The SMILES string of the molecule is COC(=O)C#Cc1ccc2c(=O)cc[nH]c2c1. The third kappa shape index (κ3) is 2.34. The van der Waals surface area contributed by atoms with Crippen LogP contribution in [0.25, 0.3) is 10.9 Å². The Hall–Kier alpha value is -2.54. The van der Waals surface area contributed by atoms with E-state index in [4.69, 9.17) is 0 Å². The summed E-state index contributed by atoms with van der Waals surface area (Å²) in [6.07, 6.45) is 1.57. The average molecular weight is 227 g/mol. The molecular formula is C13H9NO3. The Morgan fingerprint density at radius 1 is 1.35 bits per heavy atom. The molecule has 0 bridgehead atoms. The molecule has 0 spiro atoms. The molecule has 0 aliphatic carbocycles. The summed E-state index contributed by atoms with van der Waals surface area (Å²) >= 11 is 0. The van der Waals surface area contributed by atoms with E-state index in [0.717, 1.165) is 0 Å². The number of nitrogens with one attached hydrogen (secondary N) is 1. The van der Waals surface area contributed by atoms with Crippen LogP contribution in [0.1, 0.15) is 5.56 Å². The number of ether oxygens (including phenoxy) is 1. The van der Waals surface area contributed by atoms with E-state index >= 15 is 0 Å². The fourth-order valence-electron chi connectivity index (χ4n) is 1.43. The topological polar surface area (TPSA) is 59.2 Å². The first kappa shape index (κ1) is 11.0. The number of H-pyrrole nitrogens is 1. The molecule has 0 saturated carbocycles. The van der Waals surface area contributed by atoms with Crippen LogP contribution >= 0.6 is 0 Å². The van der Waals surface area contributed by atoms with Gasteiger partial charge in [0.05, 0.1) is 12.6 Å². The standard InChI is InChI=1S/C13H9NO3/c1-17-13(16)5-3-9-2-4-10-11(8-9)14-7-6-12(10)15/h2,4,6-8H,1H3,(H,14,15). The number of carbonyl (C=O) groups is 1. The molecule has 0 atom stereocenters. The summed E-state index contributed by atoms with van der Waals surface area (Å²) in [5.74, 6) is 4.39. The molecule has 84 valence electrons. The van der Waals surface area contributed by atoms with Gasteiger partial charge in [-0.25, -0.2) is 4.79 Å². The number of aromatic nitrogens is 1. The Bertz CT molecular complexity index is 689. The van der Waals surface area contributed by atoms with E-state index < -0.39 is 5.97 Å². The van der Waals surface area contributed by atoms with E-state index in [1.807, 2.05) is 0 Å². The van der Waals surface area contributed by atoms with Crippen molar-refractivity contribution in [2.75, 3.05) is 7.11 Å². The van der Waals surface area contributed by atoms with E-state index in [9.17, 15) is 9.59 Å². The van der Waals surface area contributed by atoms with Crippen LogP contribution in [0.5, 0.6) is 0 Å². The third-order valence-electron chi connectivity index (χ3n) is 2.25. The molecule has 1 aromatic carbocycles. The van der Waals surface area contributed by atoms with Crippen LogP contribution < -0.4 is 5.43 Å². The van der Waals surface area contributed by atoms with Crippen LogP contribution in [-0.2, 0) is 9.53 Å². The Kier molecular flexibility index (Phi) is 2.93. The molecular weight excluding hydrogens is 218 g/mol. The van der Waals surface area contributed by atoms with E-state index in [1.54, 1.807) is 24.4 Å². The highest BCUT2D eigenvalue weighted by molar-refractivity contribution is 5.89. The number of hydrogen-bond acceptors (Lipinski definition) is 3. The van der Waals surface area contributed by atoms with Gasteiger partial charge < -0.3 is 9.72 Å². The maximum Gasteiger partial charge on any atom is 0.384 e. The predicted octanol–water partition coefficient (Wildman–Crippen LogP) is 1.05. The number of aromatic amines is 1. The van der Waals surface area contributed by atoms with Crippen molar-refractivity contribution in [1.29, 1.82) is 0 Å². The van der Waals surface area contributed by atoms with Crippen LogP contribution in [0, 0.1) is 11.8 Å². The first-order valence-corrected chi connectivity index (χ1v) is 4.92. The Labute approximate surface area is 97.2 Å². The number of carbonyl (C=O) groups excluding carboxylic acids is 1. The molecule has 0 saturated heterocycles. The summed E-state index contributed by atoms with van der Waals surface area (Å²) in [6, 6.07) is 6.54. The van der Waals surface area contributed by atoms with Gasteiger partial charge in [-0.1, -0.05) is 5.92 Å². The molecule has 0 aliphatic rings. The van der Waals surface area contributed by atoms with Gasteiger partial charge in [0, 0.05) is 29.1 Å². The minimum Gasteiger partial charge on any atom is -0.459 e. The lowest BCUT2D eigenvalue weighted by molar-refractivity contribution is -0.133. The number of benzene rings is 1. The number of methoxy groups -OCH3 is 1. The van der Waals surface area contributed by atoms with Crippen LogP contribution in [-0.4, -0.2) is 18.1 Å². The summed E-state index contributed by atoms with van der Waals surface area (Å²) in [5.41, 5.74) is 1.28. The molecule has 17 heavy (non-hydrogen) atoms. The highest BCUT2D eigenvalue weighted by Crippen LogP contribution is 2.08. The monoisotopic (exact) mass is 227 g/mol. The van der Waals surface area contributed by atoms with Crippen molar-refractivity contribution < 1.29 is 9.53 Å². The molecule has 0 aliphatic heterocycles.